The summed E-state index contributed by atoms with van der Waals surface area (Å²) in [7, 11) is 0. The summed E-state index contributed by atoms with van der Waals surface area (Å²) >= 11 is 0. The van der Waals surface area contributed by atoms with Crippen LogP contribution >= 0.6 is 0 Å². The Morgan fingerprint density at radius 1 is 0.640 bits per heavy atom. The molecule has 0 unspecified atom stereocenters. The second-order valence-electron chi connectivity index (χ2n) is 5.41. The molecule has 3 rings (SSSR count). The van der Waals surface area contributed by atoms with Gasteiger partial charge in [0.15, 0.2) is 0 Å². The molecule has 5 nitrogen and oxygen atoms in total. The van der Waals surface area contributed by atoms with Crippen LogP contribution in [0.1, 0.15) is 20.7 Å². The second kappa shape index (κ2) is 7.31. The molecular weight excluding hydrogens is 316 g/mol. The number of anilines is 2. The minimum Gasteiger partial charge on any atom is -0.508 e. The van der Waals surface area contributed by atoms with Gasteiger partial charge in [-0.25, -0.2) is 0 Å². The van der Waals surface area contributed by atoms with Gasteiger partial charge in [0.25, 0.3) is 11.8 Å². The summed E-state index contributed by atoms with van der Waals surface area (Å²) in [5.41, 5.74) is 1.65. The van der Waals surface area contributed by atoms with E-state index in [9.17, 15) is 14.7 Å². The smallest absolute Gasteiger partial charge is 0.255 e. The van der Waals surface area contributed by atoms with E-state index in [-0.39, 0.29) is 16.9 Å². The zero-order chi connectivity index (χ0) is 17.6. The lowest BCUT2D eigenvalue weighted by molar-refractivity contribution is 0.102. The first-order valence-corrected chi connectivity index (χ1v) is 7.69. The van der Waals surface area contributed by atoms with E-state index in [4.69, 9.17) is 0 Å². The van der Waals surface area contributed by atoms with Crippen LogP contribution < -0.4 is 10.6 Å². The number of para-hydroxylation sites is 2. The van der Waals surface area contributed by atoms with Crippen LogP contribution in [0.25, 0.3) is 0 Å². The third-order valence-corrected chi connectivity index (χ3v) is 3.51. The van der Waals surface area contributed by atoms with Crippen molar-refractivity contribution in [2.45, 2.75) is 0 Å². The molecule has 3 N–H and O–H groups in total. The van der Waals surface area contributed by atoms with Crippen LogP contribution in [-0.2, 0) is 0 Å². The van der Waals surface area contributed by atoms with Crippen molar-refractivity contribution in [2.24, 2.45) is 0 Å². The van der Waals surface area contributed by atoms with Gasteiger partial charge >= 0.3 is 0 Å². The number of amides is 2. The lowest BCUT2D eigenvalue weighted by Crippen LogP contribution is -2.15. The summed E-state index contributed by atoms with van der Waals surface area (Å²) in [4.78, 5) is 24.7. The number of aromatic hydroxyl groups is 1. The van der Waals surface area contributed by atoms with Gasteiger partial charge in [-0.2, -0.15) is 0 Å². The fraction of sp³-hybridized carbons (Fsp3) is 0. The molecule has 0 spiro atoms. The number of nitrogens with one attached hydrogen (secondary N) is 2. The predicted molar refractivity (Wildman–Crippen MR) is 96.9 cm³/mol. The molecule has 0 bridgehead atoms. The van der Waals surface area contributed by atoms with Crippen molar-refractivity contribution in [3.63, 3.8) is 0 Å². The van der Waals surface area contributed by atoms with Crippen molar-refractivity contribution in [2.75, 3.05) is 10.6 Å². The summed E-state index contributed by atoms with van der Waals surface area (Å²) in [5.74, 6) is -0.967. The van der Waals surface area contributed by atoms with Crippen molar-refractivity contribution < 1.29 is 14.7 Å². The molecule has 3 aromatic carbocycles. The average Bonchev–Trinajstić information content (AvgIpc) is 2.63. The molecule has 0 aliphatic heterocycles. The molecule has 0 heterocycles. The molecule has 0 atom stereocenters. The summed E-state index contributed by atoms with van der Waals surface area (Å²) < 4.78 is 0. The molecule has 0 radical (unpaired) electrons. The van der Waals surface area contributed by atoms with Gasteiger partial charge in [-0.05, 0) is 42.5 Å². The fourth-order valence-corrected chi connectivity index (χ4v) is 2.32. The van der Waals surface area contributed by atoms with Gasteiger partial charge in [0.1, 0.15) is 5.75 Å². The maximum atomic E-state index is 12.3. The highest BCUT2D eigenvalue weighted by molar-refractivity contribution is 6.09. The van der Waals surface area contributed by atoms with Gasteiger partial charge in [0.05, 0.1) is 0 Å². The van der Waals surface area contributed by atoms with Crippen LogP contribution in [0.3, 0.4) is 0 Å². The standard InChI is InChI=1S/C20H16N2O3/c23-18-12-14(19(24)21-16-7-3-1-4-8-16)11-15(13-18)20(25)22-17-9-5-2-6-10-17/h1-13,23H,(H,21,24)(H,22,25). The number of phenols is 1. The van der Waals surface area contributed by atoms with Crippen LogP contribution in [0, 0.1) is 0 Å². The number of rotatable bonds is 4. The minimum atomic E-state index is -0.407. The number of carbonyl (C=O) groups is 2. The first kappa shape index (κ1) is 16.3. The Bertz CT molecular complexity index is 822. The first-order valence-electron chi connectivity index (χ1n) is 7.69. The van der Waals surface area contributed by atoms with Crippen LogP contribution in [0.4, 0.5) is 11.4 Å². The number of hydrogen-bond acceptors (Lipinski definition) is 3. The Kier molecular flexibility index (Phi) is 4.76. The summed E-state index contributed by atoms with van der Waals surface area (Å²) in [5, 5.41) is 15.3. The summed E-state index contributed by atoms with van der Waals surface area (Å²) in [6.07, 6.45) is 0. The van der Waals surface area contributed by atoms with Crippen molar-refractivity contribution in [3.8, 4) is 5.75 Å². The van der Waals surface area contributed by atoms with E-state index in [1.807, 2.05) is 12.1 Å². The zero-order valence-electron chi connectivity index (χ0n) is 13.3. The Hall–Kier alpha value is -3.60. The monoisotopic (exact) mass is 332 g/mol. The molecule has 0 aliphatic rings. The Morgan fingerprint density at radius 2 is 1.04 bits per heavy atom. The number of phenolic OH excluding ortho intramolecular Hbond substituents is 1. The summed E-state index contributed by atoms with van der Waals surface area (Å²) in [6, 6.07) is 22.0. The molecule has 0 fully saturated rings. The normalized spacial score (nSPS) is 10.1. The van der Waals surface area contributed by atoms with Crippen molar-refractivity contribution in [1.29, 1.82) is 0 Å². The maximum Gasteiger partial charge on any atom is 0.255 e. The van der Waals surface area contributed by atoms with E-state index >= 15 is 0 Å². The lowest BCUT2D eigenvalue weighted by Gasteiger charge is -2.09. The molecule has 124 valence electrons. The van der Waals surface area contributed by atoms with Crippen LogP contribution in [-0.4, -0.2) is 16.9 Å². The predicted octanol–water partition coefficient (Wildman–Crippen LogP) is 3.90. The van der Waals surface area contributed by atoms with Gasteiger partial charge < -0.3 is 15.7 Å². The van der Waals surface area contributed by atoms with E-state index in [2.05, 4.69) is 10.6 Å². The molecule has 25 heavy (non-hydrogen) atoms. The Balaban J connectivity index is 1.80. The van der Waals surface area contributed by atoms with Gasteiger partial charge in [0.2, 0.25) is 0 Å². The molecule has 0 saturated heterocycles. The van der Waals surface area contributed by atoms with Crippen LogP contribution in [0.5, 0.6) is 5.75 Å². The molecule has 0 saturated carbocycles. The van der Waals surface area contributed by atoms with Crippen molar-refractivity contribution in [1.82, 2.24) is 0 Å². The summed E-state index contributed by atoms with van der Waals surface area (Å²) in [6.45, 7) is 0. The highest BCUT2D eigenvalue weighted by Crippen LogP contribution is 2.19. The second-order valence-corrected chi connectivity index (χ2v) is 5.41. The SMILES string of the molecule is O=C(Nc1ccccc1)c1cc(O)cc(C(=O)Nc2ccccc2)c1. The van der Waals surface area contributed by atoms with E-state index < -0.39 is 11.8 Å². The molecule has 3 aromatic rings. The zero-order valence-corrected chi connectivity index (χ0v) is 13.3. The number of hydrogen-bond donors (Lipinski definition) is 3. The number of carbonyl (C=O) groups excluding carboxylic acids is 2. The van der Waals surface area contributed by atoms with Gasteiger partial charge in [0, 0.05) is 22.5 Å². The third kappa shape index (κ3) is 4.23. The van der Waals surface area contributed by atoms with E-state index in [1.54, 1.807) is 48.5 Å². The first-order chi connectivity index (χ1) is 12.1. The van der Waals surface area contributed by atoms with Gasteiger partial charge in [-0.3, -0.25) is 9.59 Å². The average molecular weight is 332 g/mol. The molecule has 2 amide bonds. The van der Waals surface area contributed by atoms with E-state index in [1.165, 1.54) is 18.2 Å². The topological polar surface area (TPSA) is 78.4 Å². The molecular formula is C20H16N2O3. The molecule has 5 heteroatoms. The van der Waals surface area contributed by atoms with Crippen LogP contribution in [0.2, 0.25) is 0 Å². The quantitative estimate of drug-likeness (QED) is 0.678. The number of benzene rings is 3. The molecule has 0 aromatic heterocycles. The Morgan fingerprint density at radius 3 is 1.44 bits per heavy atom. The Labute approximate surface area is 144 Å². The van der Waals surface area contributed by atoms with Gasteiger partial charge in [-0.1, -0.05) is 36.4 Å². The third-order valence-electron chi connectivity index (χ3n) is 3.51. The highest BCUT2D eigenvalue weighted by Gasteiger charge is 2.13. The van der Waals surface area contributed by atoms with Gasteiger partial charge in [-0.15, -0.1) is 0 Å². The highest BCUT2D eigenvalue weighted by atomic mass is 16.3. The fourth-order valence-electron chi connectivity index (χ4n) is 2.32. The maximum absolute atomic E-state index is 12.3. The van der Waals surface area contributed by atoms with E-state index in [0.29, 0.717) is 11.4 Å². The molecule has 0 aliphatic carbocycles. The van der Waals surface area contributed by atoms with Crippen LogP contribution in [0.15, 0.2) is 78.9 Å². The van der Waals surface area contributed by atoms with Crippen molar-refractivity contribution >= 4 is 23.2 Å². The van der Waals surface area contributed by atoms with E-state index in [0.717, 1.165) is 0 Å². The lowest BCUT2D eigenvalue weighted by atomic mass is 10.1. The minimum absolute atomic E-state index is 0.154. The van der Waals surface area contributed by atoms with Crippen molar-refractivity contribution in [3.05, 3.63) is 90.0 Å². The largest absolute Gasteiger partial charge is 0.508 e.